The number of hydrogen-bond acceptors (Lipinski definition) is 3. The molecule has 0 radical (unpaired) electrons. The molecule has 2 bridgehead atoms. The number of pyridine rings is 1. The van der Waals surface area contributed by atoms with E-state index in [4.69, 9.17) is 8.53 Å². The normalized spacial score (nSPS) is 13.7. The van der Waals surface area contributed by atoms with E-state index >= 15 is 0 Å². The van der Waals surface area contributed by atoms with Gasteiger partial charge in [0.25, 0.3) is 0 Å². The van der Waals surface area contributed by atoms with Crippen molar-refractivity contribution in [2.24, 2.45) is 0 Å². The second-order valence-electron chi connectivity index (χ2n) is 8.76. The summed E-state index contributed by atoms with van der Waals surface area (Å²) in [5, 5.41) is 5.89. The van der Waals surface area contributed by atoms with Crippen LogP contribution in [0.1, 0.15) is 15.2 Å². The van der Waals surface area contributed by atoms with Crippen LogP contribution in [0.5, 0.6) is 0 Å². The molecule has 0 fully saturated rings. The summed E-state index contributed by atoms with van der Waals surface area (Å²) in [6.07, 6.45) is 1.44. The van der Waals surface area contributed by atoms with E-state index in [0.717, 1.165) is 66.8 Å². The summed E-state index contributed by atoms with van der Waals surface area (Å²) in [4.78, 5) is 4.48. The van der Waals surface area contributed by atoms with Crippen LogP contribution in [0.2, 0.25) is 0 Å². The lowest BCUT2D eigenvalue weighted by atomic mass is 9.86. The fraction of sp³-hybridized carbons (Fsp3) is 0.0645. The number of nitrogens with zero attached hydrogens (tertiary/aromatic N) is 1. The highest BCUT2D eigenvalue weighted by Gasteiger charge is 2.24. The van der Waals surface area contributed by atoms with Crippen LogP contribution in [-0.4, -0.2) is 4.98 Å². The summed E-state index contributed by atoms with van der Waals surface area (Å²) in [6, 6.07) is 28.3. The van der Waals surface area contributed by atoms with E-state index in [-0.39, 0.29) is 5.56 Å². The van der Waals surface area contributed by atoms with Gasteiger partial charge in [0.2, 0.25) is 0 Å². The smallest absolute Gasteiger partial charge is 0.136 e. The number of nitrogens with one attached hydrogen (secondary N) is 1. The highest BCUT2D eigenvalue weighted by atomic mass is 16.3. The Bertz CT molecular complexity index is 1850. The van der Waals surface area contributed by atoms with Crippen molar-refractivity contribution in [3.8, 4) is 33.5 Å². The molecule has 0 spiro atoms. The Morgan fingerprint density at radius 2 is 1.65 bits per heavy atom. The minimum atomic E-state index is -2.18. The summed E-state index contributed by atoms with van der Waals surface area (Å²) in [5.41, 5.74) is 11.2. The van der Waals surface area contributed by atoms with E-state index in [1.807, 2.05) is 30.3 Å². The van der Waals surface area contributed by atoms with E-state index in [1.165, 1.54) is 11.8 Å². The van der Waals surface area contributed by atoms with Gasteiger partial charge in [-0.2, -0.15) is 0 Å². The third-order valence-corrected chi connectivity index (χ3v) is 6.76. The zero-order valence-corrected chi connectivity index (χ0v) is 18.5. The minimum absolute atomic E-state index is 0.233. The molecule has 0 saturated carbocycles. The number of furan rings is 1. The van der Waals surface area contributed by atoms with Crippen molar-refractivity contribution >= 4 is 33.3 Å². The van der Waals surface area contributed by atoms with Gasteiger partial charge in [0.05, 0.1) is 5.69 Å². The third-order valence-electron chi connectivity index (χ3n) is 6.76. The van der Waals surface area contributed by atoms with Gasteiger partial charge in [0.15, 0.2) is 0 Å². The molecule has 4 aromatic carbocycles. The van der Waals surface area contributed by atoms with Gasteiger partial charge in [-0.3, -0.25) is 4.98 Å². The molecule has 2 aromatic heterocycles. The van der Waals surface area contributed by atoms with Gasteiger partial charge in [-0.15, -0.1) is 0 Å². The Labute approximate surface area is 201 Å². The highest BCUT2D eigenvalue weighted by molar-refractivity contribution is 6.17. The molecule has 1 aliphatic heterocycles. The highest BCUT2D eigenvalue weighted by Crippen LogP contribution is 2.49. The van der Waals surface area contributed by atoms with Crippen molar-refractivity contribution in [1.29, 1.82) is 0 Å². The quantitative estimate of drug-likeness (QED) is 0.277. The van der Waals surface area contributed by atoms with Crippen molar-refractivity contribution in [2.45, 2.75) is 13.8 Å². The van der Waals surface area contributed by atoms with Crippen LogP contribution in [0, 0.1) is 13.8 Å². The van der Waals surface area contributed by atoms with Gasteiger partial charge in [-0.05, 0) is 72.4 Å². The molecule has 0 aliphatic carbocycles. The third kappa shape index (κ3) is 2.74. The van der Waals surface area contributed by atoms with Crippen LogP contribution in [0.15, 0.2) is 95.5 Å². The zero-order chi connectivity index (χ0) is 25.3. The Morgan fingerprint density at radius 1 is 0.794 bits per heavy atom. The van der Waals surface area contributed by atoms with Crippen LogP contribution in [0.3, 0.4) is 0 Å². The average Bonchev–Trinajstić information content (AvgIpc) is 3.27. The lowest BCUT2D eigenvalue weighted by Gasteiger charge is -2.24. The Morgan fingerprint density at radius 3 is 2.53 bits per heavy atom. The molecule has 7 rings (SSSR count). The number of anilines is 2. The maximum absolute atomic E-state index is 7.64. The standard InChI is InChI=1S/C31H22N2O/c1-18-11-13-25(32-17-18)20-12-14-27-24(15-20)23-16-29-31(22-8-4-6-10-28(22)34-29)30(19(23)2)21-7-3-5-9-26(21)33-27/h3-17,33H,1-2H3/i1D3. The van der Waals surface area contributed by atoms with E-state index in [2.05, 4.69) is 59.7 Å². The number of benzene rings is 4. The molecule has 6 aromatic rings. The van der Waals surface area contributed by atoms with Gasteiger partial charge in [-0.25, -0.2) is 0 Å². The maximum atomic E-state index is 7.64. The van der Waals surface area contributed by atoms with Crippen molar-refractivity contribution < 1.29 is 8.53 Å². The summed E-state index contributed by atoms with van der Waals surface area (Å²) < 4.78 is 29.3. The van der Waals surface area contributed by atoms with Crippen LogP contribution in [0.25, 0.3) is 55.4 Å². The number of aryl methyl sites for hydroxylation is 1. The fourth-order valence-electron chi connectivity index (χ4n) is 5.16. The zero-order valence-electron chi connectivity index (χ0n) is 21.5. The first-order chi connectivity index (χ1) is 17.9. The number of para-hydroxylation sites is 2. The van der Waals surface area contributed by atoms with Gasteiger partial charge >= 0.3 is 0 Å². The SMILES string of the molecule is [2H]C([2H])([2H])c1ccc(-c2ccc3c(c2)-c2cc4oc5ccccc5c4c(c2C)-c2ccccc2N3)nc1. The molecular formula is C31H22N2O. The van der Waals surface area contributed by atoms with Crippen LogP contribution in [0.4, 0.5) is 11.4 Å². The lowest BCUT2D eigenvalue weighted by molar-refractivity contribution is 0.669. The fourth-order valence-corrected chi connectivity index (χ4v) is 5.16. The average molecular weight is 442 g/mol. The molecule has 0 atom stereocenters. The van der Waals surface area contributed by atoms with Crippen LogP contribution < -0.4 is 5.32 Å². The molecule has 34 heavy (non-hydrogen) atoms. The first-order valence-corrected chi connectivity index (χ1v) is 11.3. The van der Waals surface area contributed by atoms with Gasteiger partial charge in [0, 0.05) is 49.1 Å². The van der Waals surface area contributed by atoms with E-state index < -0.39 is 6.85 Å². The Balaban J connectivity index is 1.51. The lowest BCUT2D eigenvalue weighted by Crippen LogP contribution is -2.02. The van der Waals surface area contributed by atoms with Crippen molar-refractivity contribution in [2.75, 3.05) is 5.32 Å². The maximum Gasteiger partial charge on any atom is 0.136 e. The second kappa shape index (κ2) is 7.06. The molecule has 1 aliphatic rings. The molecule has 0 amide bonds. The number of fused-ring (bicyclic) bond motifs is 10. The summed E-state index contributed by atoms with van der Waals surface area (Å²) in [5.74, 6) is 0. The van der Waals surface area contributed by atoms with E-state index in [9.17, 15) is 0 Å². The number of hydrogen-bond donors (Lipinski definition) is 1. The first kappa shape index (κ1) is 16.3. The van der Waals surface area contributed by atoms with E-state index in [1.54, 1.807) is 12.1 Å². The number of rotatable bonds is 1. The summed E-state index contributed by atoms with van der Waals surface area (Å²) >= 11 is 0. The largest absolute Gasteiger partial charge is 0.456 e. The molecule has 1 N–H and O–H groups in total. The predicted octanol–water partition coefficient (Wildman–Crippen LogP) is 8.66. The second-order valence-corrected chi connectivity index (χ2v) is 8.76. The molecule has 3 heterocycles. The van der Waals surface area contributed by atoms with Crippen molar-refractivity contribution in [3.05, 3.63) is 102 Å². The Hall–Kier alpha value is -4.37. The monoisotopic (exact) mass is 441 g/mol. The first-order valence-electron chi connectivity index (χ1n) is 12.8. The van der Waals surface area contributed by atoms with Gasteiger partial charge in [0.1, 0.15) is 11.2 Å². The minimum Gasteiger partial charge on any atom is -0.456 e. The van der Waals surface area contributed by atoms with Crippen LogP contribution in [-0.2, 0) is 0 Å². The molecule has 162 valence electrons. The van der Waals surface area contributed by atoms with Gasteiger partial charge in [-0.1, -0.05) is 48.5 Å². The van der Waals surface area contributed by atoms with Gasteiger partial charge < -0.3 is 9.73 Å². The van der Waals surface area contributed by atoms with Crippen molar-refractivity contribution in [1.82, 2.24) is 4.98 Å². The molecule has 3 heteroatoms. The topological polar surface area (TPSA) is 38.1 Å². The van der Waals surface area contributed by atoms with E-state index in [0.29, 0.717) is 0 Å². The molecule has 0 saturated heterocycles. The number of aromatic nitrogens is 1. The molecular weight excluding hydrogens is 416 g/mol. The Kier molecular flexibility index (Phi) is 3.38. The van der Waals surface area contributed by atoms with Crippen molar-refractivity contribution in [3.63, 3.8) is 0 Å². The summed E-state index contributed by atoms with van der Waals surface area (Å²) in [6.45, 7) is -0.00181. The predicted molar refractivity (Wildman–Crippen MR) is 141 cm³/mol. The molecule has 3 nitrogen and oxygen atoms in total. The molecule has 0 unspecified atom stereocenters. The van der Waals surface area contributed by atoms with Crippen LogP contribution >= 0.6 is 0 Å². The summed E-state index contributed by atoms with van der Waals surface area (Å²) in [7, 11) is 0.